The lowest BCUT2D eigenvalue weighted by molar-refractivity contribution is -0.137. The summed E-state index contributed by atoms with van der Waals surface area (Å²) >= 11 is 0. The van der Waals surface area contributed by atoms with Gasteiger partial charge >= 0.3 is 5.97 Å². The second-order valence-electron chi connectivity index (χ2n) is 4.63. The maximum absolute atomic E-state index is 12.2. The number of rotatable bonds is 5. The summed E-state index contributed by atoms with van der Waals surface area (Å²) in [6, 6.07) is 3.41. The summed E-state index contributed by atoms with van der Waals surface area (Å²) in [5, 5.41) is 18.1. The SMILES string of the molecule is NC(=O)[C@H](CCC(=O)O)N1Cc2ccc(O)cc2C1=O. The Morgan fingerprint density at radius 2 is 2.10 bits per heavy atom. The molecule has 0 aromatic heterocycles. The third-order valence-electron chi connectivity index (χ3n) is 3.26. The lowest BCUT2D eigenvalue weighted by Gasteiger charge is -2.24. The van der Waals surface area contributed by atoms with E-state index in [4.69, 9.17) is 10.8 Å². The third kappa shape index (κ3) is 2.56. The van der Waals surface area contributed by atoms with Crippen molar-refractivity contribution in [2.45, 2.75) is 25.4 Å². The van der Waals surface area contributed by atoms with E-state index in [-0.39, 0.29) is 25.1 Å². The number of amides is 2. The molecular formula is C13H14N2O5. The average Bonchev–Trinajstić information content (AvgIpc) is 2.67. The molecule has 1 aliphatic rings. The number of benzene rings is 1. The van der Waals surface area contributed by atoms with Gasteiger partial charge in [0.05, 0.1) is 0 Å². The number of carbonyl (C=O) groups is 3. The van der Waals surface area contributed by atoms with Gasteiger partial charge in [0.15, 0.2) is 0 Å². The predicted octanol–water partition coefficient (Wildman–Crippen LogP) is 0.0667. The number of aromatic hydroxyl groups is 1. The number of phenolic OH excluding ortho intramolecular Hbond substituents is 1. The monoisotopic (exact) mass is 278 g/mol. The highest BCUT2D eigenvalue weighted by molar-refractivity contribution is 6.01. The molecule has 106 valence electrons. The zero-order valence-electron chi connectivity index (χ0n) is 10.6. The Labute approximate surface area is 114 Å². The highest BCUT2D eigenvalue weighted by Crippen LogP contribution is 2.28. The maximum Gasteiger partial charge on any atom is 0.303 e. The van der Waals surface area contributed by atoms with Gasteiger partial charge in [0.25, 0.3) is 5.91 Å². The van der Waals surface area contributed by atoms with Crippen molar-refractivity contribution in [3.05, 3.63) is 29.3 Å². The molecule has 2 amide bonds. The van der Waals surface area contributed by atoms with Crippen LogP contribution in [0.1, 0.15) is 28.8 Å². The second-order valence-corrected chi connectivity index (χ2v) is 4.63. The van der Waals surface area contributed by atoms with Crippen LogP contribution in [0.25, 0.3) is 0 Å². The fraction of sp³-hybridized carbons (Fsp3) is 0.308. The fourth-order valence-corrected chi connectivity index (χ4v) is 2.28. The van der Waals surface area contributed by atoms with Crippen LogP contribution in [-0.2, 0) is 16.1 Å². The number of carboxylic acids is 1. The Bertz CT molecular complexity index is 584. The first-order valence-corrected chi connectivity index (χ1v) is 6.04. The topological polar surface area (TPSA) is 121 Å². The minimum absolute atomic E-state index is 0.0314. The molecule has 0 fully saturated rings. The van der Waals surface area contributed by atoms with Gasteiger partial charge in [-0.2, -0.15) is 0 Å². The molecule has 0 aliphatic carbocycles. The van der Waals surface area contributed by atoms with Gasteiger partial charge in [-0.25, -0.2) is 0 Å². The molecule has 4 N–H and O–H groups in total. The number of aliphatic carboxylic acids is 1. The van der Waals surface area contributed by atoms with Crippen LogP contribution in [0.5, 0.6) is 5.75 Å². The average molecular weight is 278 g/mol. The van der Waals surface area contributed by atoms with Gasteiger partial charge < -0.3 is 20.8 Å². The molecule has 2 rings (SSSR count). The van der Waals surface area contributed by atoms with Crippen molar-refractivity contribution in [2.75, 3.05) is 0 Å². The number of hydrogen-bond donors (Lipinski definition) is 3. The Morgan fingerprint density at radius 3 is 2.70 bits per heavy atom. The van der Waals surface area contributed by atoms with E-state index >= 15 is 0 Å². The van der Waals surface area contributed by atoms with Crippen LogP contribution in [0.15, 0.2) is 18.2 Å². The van der Waals surface area contributed by atoms with Crippen molar-refractivity contribution in [3.8, 4) is 5.75 Å². The number of carbonyl (C=O) groups excluding carboxylic acids is 2. The zero-order valence-corrected chi connectivity index (χ0v) is 10.6. The third-order valence-corrected chi connectivity index (χ3v) is 3.26. The predicted molar refractivity (Wildman–Crippen MR) is 67.8 cm³/mol. The Morgan fingerprint density at radius 1 is 1.40 bits per heavy atom. The number of phenols is 1. The summed E-state index contributed by atoms with van der Waals surface area (Å²) in [6.07, 6.45) is -0.282. The van der Waals surface area contributed by atoms with Crippen LogP contribution in [0.4, 0.5) is 0 Å². The molecule has 20 heavy (non-hydrogen) atoms. The van der Waals surface area contributed by atoms with Crippen LogP contribution in [0.2, 0.25) is 0 Å². The second kappa shape index (κ2) is 5.20. The van der Waals surface area contributed by atoms with Gasteiger partial charge in [0.1, 0.15) is 11.8 Å². The minimum Gasteiger partial charge on any atom is -0.508 e. The Hall–Kier alpha value is -2.57. The van der Waals surface area contributed by atoms with Gasteiger partial charge in [-0.15, -0.1) is 0 Å². The smallest absolute Gasteiger partial charge is 0.303 e. The van der Waals surface area contributed by atoms with Gasteiger partial charge in [-0.05, 0) is 24.1 Å². The van der Waals surface area contributed by atoms with Crippen LogP contribution >= 0.6 is 0 Å². The number of carboxylic acid groups (broad SMARTS) is 1. The van der Waals surface area contributed by atoms with Crippen LogP contribution < -0.4 is 5.73 Å². The van der Waals surface area contributed by atoms with Gasteiger partial charge in [0, 0.05) is 18.5 Å². The molecule has 1 heterocycles. The molecule has 7 nitrogen and oxygen atoms in total. The van der Waals surface area contributed by atoms with Gasteiger partial charge in [-0.3, -0.25) is 14.4 Å². The minimum atomic E-state index is -1.06. The molecule has 0 bridgehead atoms. The summed E-state index contributed by atoms with van der Waals surface area (Å²) < 4.78 is 0. The van der Waals surface area contributed by atoms with E-state index < -0.39 is 23.8 Å². The first-order valence-electron chi connectivity index (χ1n) is 6.04. The van der Waals surface area contributed by atoms with Gasteiger partial charge in [0.2, 0.25) is 5.91 Å². The fourth-order valence-electron chi connectivity index (χ4n) is 2.28. The van der Waals surface area contributed by atoms with Crippen molar-refractivity contribution in [1.82, 2.24) is 4.90 Å². The van der Waals surface area contributed by atoms with E-state index in [9.17, 15) is 19.5 Å². The zero-order chi connectivity index (χ0) is 14.9. The summed E-state index contributed by atoms with van der Waals surface area (Å²) in [7, 11) is 0. The van der Waals surface area contributed by atoms with Crippen LogP contribution in [-0.4, -0.2) is 38.9 Å². The first kappa shape index (κ1) is 13.9. The number of fused-ring (bicyclic) bond motifs is 1. The molecule has 0 saturated carbocycles. The lowest BCUT2D eigenvalue weighted by atomic mass is 10.1. The molecule has 0 saturated heterocycles. The molecular weight excluding hydrogens is 264 g/mol. The molecule has 0 radical (unpaired) electrons. The maximum atomic E-state index is 12.2. The number of nitrogens with two attached hydrogens (primary N) is 1. The summed E-state index contributed by atoms with van der Waals surface area (Å²) in [4.78, 5) is 35.5. The summed E-state index contributed by atoms with van der Waals surface area (Å²) in [6.45, 7) is 0.182. The van der Waals surface area contributed by atoms with E-state index in [0.29, 0.717) is 11.1 Å². The first-order chi connectivity index (χ1) is 9.40. The molecule has 1 aromatic carbocycles. The number of primary amides is 1. The van der Waals surface area contributed by atoms with E-state index in [1.165, 1.54) is 17.0 Å². The van der Waals surface area contributed by atoms with Crippen molar-refractivity contribution < 1.29 is 24.6 Å². The molecule has 1 atom stereocenters. The quantitative estimate of drug-likeness (QED) is 0.703. The molecule has 0 spiro atoms. The summed E-state index contributed by atoms with van der Waals surface area (Å²) in [5.41, 5.74) is 6.24. The summed E-state index contributed by atoms with van der Waals surface area (Å²) in [5.74, 6) is -2.26. The van der Waals surface area contributed by atoms with E-state index in [1.54, 1.807) is 6.07 Å². The van der Waals surface area contributed by atoms with E-state index in [2.05, 4.69) is 0 Å². The Kier molecular flexibility index (Phi) is 3.60. The molecule has 1 aromatic rings. The Balaban J connectivity index is 2.23. The van der Waals surface area contributed by atoms with Crippen molar-refractivity contribution >= 4 is 17.8 Å². The number of hydrogen-bond acceptors (Lipinski definition) is 4. The van der Waals surface area contributed by atoms with Crippen molar-refractivity contribution in [3.63, 3.8) is 0 Å². The largest absolute Gasteiger partial charge is 0.508 e. The molecule has 7 heteroatoms. The lowest BCUT2D eigenvalue weighted by Crippen LogP contribution is -2.45. The molecule has 0 unspecified atom stereocenters. The standard InChI is InChI=1S/C13H14N2O5/c14-12(19)10(3-4-11(17)18)15-6-7-1-2-8(16)5-9(7)13(15)20/h1-2,5,10,16H,3-4,6H2,(H2,14,19)(H,17,18)/t10-/m0/s1. The highest BCUT2D eigenvalue weighted by Gasteiger charge is 2.35. The molecule has 1 aliphatic heterocycles. The van der Waals surface area contributed by atoms with Crippen molar-refractivity contribution in [1.29, 1.82) is 0 Å². The van der Waals surface area contributed by atoms with Crippen molar-refractivity contribution in [2.24, 2.45) is 5.73 Å². The van der Waals surface area contributed by atoms with Gasteiger partial charge in [-0.1, -0.05) is 6.07 Å². The van der Waals surface area contributed by atoms with E-state index in [0.717, 1.165) is 0 Å². The van der Waals surface area contributed by atoms with Crippen LogP contribution in [0, 0.1) is 0 Å². The highest BCUT2D eigenvalue weighted by atomic mass is 16.4. The van der Waals surface area contributed by atoms with E-state index in [1.807, 2.05) is 0 Å². The normalized spacial score (nSPS) is 15.0. The van der Waals surface area contributed by atoms with Crippen LogP contribution in [0.3, 0.4) is 0 Å². The number of nitrogens with zero attached hydrogens (tertiary/aromatic N) is 1.